The van der Waals surface area contributed by atoms with Gasteiger partial charge >= 0.3 is 0 Å². The lowest BCUT2D eigenvalue weighted by Crippen LogP contribution is -2.46. The Kier molecular flexibility index (Phi) is 10.2. The number of rotatable bonds is 8. The lowest BCUT2D eigenvalue weighted by Gasteiger charge is -2.26. The van der Waals surface area contributed by atoms with Crippen LogP contribution in [0.15, 0.2) is 29.3 Å². The molecule has 2 heterocycles. The Balaban J connectivity index is 0.00000341. The first kappa shape index (κ1) is 25.5. The van der Waals surface area contributed by atoms with Gasteiger partial charge in [-0.05, 0) is 38.4 Å². The lowest BCUT2D eigenvalue weighted by atomic mass is 10.1. The molecule has 1 unspecified atom stereocenters. The number of hydrogen-bond acceptors (Lipinski definition) is 5. The topological polar surface area (TPSA) is 79.6 Å². The average molecular weight is 541 g/mol. The molecule has 0 spiro atoms. The molecular formula is C22H36IN7O. The first-order valence-corrected chi connectivity index (χ1v) is 10.7. The van der Waals surface area contributed by atoms with Crippen molar-refractivity contribution in [2.75, 3.05) is 21.2 Å². The second kappa shape index (κ2) is 12.4. The van der Waals surface area contributed by atoms with Crippen molar-refractivity contribution < 1.29 is 4.74 Å². The van der Waals surface area contributed by atoms with E-state index in [1.807, 2.05) is 11.7 Å². The summed E-state index contributed by atoms with van der Waals surface area (Å²) in [6.07, 6.45) is 1.90. The van der Waals surface area contributed by atoms with E-state index in [1.54, 1.807) is 7.11 Å². The summed E-state index contributed by atoms with van der Waals surface area (Å²) >= 11 is 0. The molecule has 1 aliphatic rings. The summed E-state index contributed by atoms with van der Waals surface area (Å²) in [5, 5.41) is 11.6. The molecule has 31 heavy (non-hydrogen) atoms. The monoisotopic (exact) mass is 541 g/mol. The number of aliphatic imine (C=N–C) groups is 1. The van der Waals surface area contributed by atoms with Crippen LogP contribution in [0.3, 0.4) is 0 Å². The van der Waals surface area contributed by atoms with E-state index in [0.29, 0.717) is 12.6 Å². The SMILES string of the molecule is CN=C(NCc1ccccc1CN(C)C(C)C)NC1CCc2nc(COC)nn2C1.I. The molecule has 1 atom stereocenters. The molecular weight excluding hydrogens is 505 g/mol. The summed E-state index contributed by atoms with van der Waals surface area (Å²) in [4.78, 5) is 11.3. The molecule has 2 aromatic rings. The highest BCUT2D eigenvalue weighted by molar-refractivity contribution is 14.0. The summed E-state index contributed by atoms with van der Waals surface area (Å²) in [7, 11) is 5.64. The third-order valence-electron chi connectivity index (χ3n) is 5.61. The van der Waals surface area contributed by atoms with E-state index in [4.69, 9.17) is 4.74 Å². The van der Waals surface area contributed by atoms with Gasteiger partial charge in [-0.15, -0.1) is 24.0 Å². The van der Waals surface area contributed by atoms with Gasteiger partial charge in [-0.2, -0.15) is 5.10 Å². The summed E-state index contributed by atoms with van der Waals surface area (Å²) in [6.45, 7) is 7.34. The number of methoxy groups -OCH3 is 1. The number of guanidine groups is 1. The molecule has 172 valence electrons. The van der Waals surface area contributed by atoms with Crippen molar-refractivity contribution in [1.82, 2.24) is 30.3 Å². The molecule has 1 aromatic carbocycles. The van der Waals surface area contributed by atoms with Gasteiger partial charge in [0.25, 0.3) is 0 Å². The molecule has 0 saturated carbocycles. The van der Waals surface area contributed by atoms with E-state index >= 15 is 0 Å². The van der Waals surface area contributed by atoms with E-state index in [9.17, 15) is 0 Å². The van der Waals surface area contributed by atoms with E-state index in [0.717, 1.165) is 50.1 Å². The van der Waals surface area contributed by atoms with Gasteiger partial charge in [0.1, 0.15) is 12.4 Å². The molecule has 0 radical (unpaired) electrons. The zero-order chi connectivity index (χ0) is 21.5. The number of ether oxygens (including phenoxy) is 1. The molecule has 0 saturated heterocycles. The van der Waals surface area contributed by atoms with Gasteiger partial charge in [-0.1, -0.05) is 24.3 Å². The number of aryl methyl sites for hydroxylation is 1. The van der Waals surface area contributed by atoms with Gasteiger partial charge in [0.05, 0.1) is 6.54 Å². The summed E-state index contributed by atoms with van der Waals surface area (Å²) in [5.41, 5.74) is 2.63. The Bertz CT molecular complexity index is 852. The van der Waals surface area contributed by atoms with Crippen LogP contribution in [0.4, 0.5) is 0 Å². The van der Waals surface area contributed by atoms with Crippen LogP contribution in [0.5, 0.6) is 0 Å². The molecule has 8 nitrogen and oxygen atoms in total. The Morgan fingerprint density at radius 1 is 1.32 bits per heavy atom. The molecule has 0 amide bonds. The van der Waals surface area contributed by atoms with Crippen LogP contribution >= 0.6 is 24.0 Å². The van der Waals surface area contributed by atoms with Crippen molar-refractivity contribution >= 4 is 29.9 Å². The fourth-order valence-corrected chi connectivity index (χ4v) is 3.57. The molecule has 0 bridgehead atoms. The third kappa shape index (κ3) is 7.15. The summed E-state index contributed by atoms with van der Waals surface area (Å²) in [5.74, 6) is 2.59. The molecule has 3 rings (SSSR count). The highest BCUT2D eigenvalue weighted by atomic mass is 127. The van der Waals surface area contributed by atoms with Crippen LogP contribution in [-0.4, -0.2) is 58.9 Å². The van der Waals surface area contributed by atoms with Crippen LogP contribution in [0.25, 0.3) is 0 Å². The van der Waals surface area contributed by atoms with Crippen molar-refractivity contribution in [1.29, 1.82) is 0 Å². The fourth-order valence-electron chi connectivity index (χ4n) is 3.57. The first-order chi connectivity index (χ1) is 14.5. The molecule has 0 fully saturated rings. The Labute approximate surface area is 202 Å². The third-order valence-corrected chi connectivity index (χ3v) is 5.61. The molecule has 0 aliphatic carbocycles. The smallest absolute Gasteiger partial charge is 0.191 e. The minimum atomic E-state index is 0. The van der Waals surface area contributed by atoms with Gasteiger partial charge in [-0.25, -0.2) is 9.67 Å². The maximum absolute atomic E-state index is 5.15. The number of aromatic nitrogens is 3. The van der Waals surface area contributed by atoms with Gasteiger partial charge < -0.3 is 15.4 Å². The number of hydrogen-bond donors (Lipinski definition) is 2. The maximum atomic E-state index is 5.15. The first-order valence-electron chi connectivity index (χ1n) is 10.7. The van der Waals surface area contributed by atoms with Crippen molar-refractivity contribution in [3.63, 3.8) is 0 Å². The van der Waals surface area contributed by atoms with Gasteiger partial charge in [0.15, 0.2) is 11.8 Å². The Hall–Kier alpha value is -1.72. The standard InChI is InChI=1S/C22H35N7O.HI/c1-16(2)28(4)13-18-9-7-6-8-17(18)12-24-22(23-3)25-19-10-11-21-26-20(15-30-5)27-29(21)14-19;/h6-9,16,19H,10-15H2,1-5H3,(H2,23,24,25);1H. The number of halogens is 1. The largest absolute Gasteiger partial charge is 0.377 e. The van der Waals surface area contributed by atoms with Crippen LogP contribution in [-0.2, 0) is 37.4 Å². The molecule has 2 N–H and O–H groups in total. The quantitative estimate of drug-likeness (QED) is 0.304. The average Bonchev–Trinajstić information content (AvgIpc) is 3.13. The van der Waals surface area contributed by atoms with Crippen LogP contribution in [0.1, 0.15) is 43.0 Å². The van der Waals surface area contributed by atoms with Crippen LogP contribution in [0, 0.1) is 0 Å². The van der Waals surface area contributed by atoms with Crippen LogP contribution < -0.4 is 10.6 Å². The van der Waals surface area contributed by atoms with Crippen molar-refractivity contribution in [3.8, 4) is 0 Å². The molecule has 9 heteroatoms. The van der Waals surface area contributed by atoms with E-state index in [1.165, 1.54) is 11.1 Å². The predicted molar refractivity (Wildman–Crippen MR) is 135 cm³/mol. The fraction of sp³-hybridized carbons (Fsp3) is 0.591. The zero-order valence-corrected chi connectivity index (χ0v) is 21.6. The number of nitrogens with one attached hydrogen (secondary N) is 2. The van der Waals surface area contributed by atoms with Crippen molar-refractivity contribution in [2.45, 2.75) is 65.0 Å². The highest BCUT2D eigenvalue weighted by Gasteiger charge is 2.22. The summed E-state index contributed by atoms with van der Waals surface area (Å²) < 4.78 is 7.13. The van der Waals surface area contributed by atoms with Gasteiger partial charge in [0.2, 0.25) is 0 Å². The van der Waals surface area contributed by atoms with Crippen molar-refractivity contribution in [3.05, 3.63) is 47.0 Å². The molecule has 1 aromatic heterocycles. The predicted octanol–water partition coefficient (Wildman–Crippen LogP) is 2.56. The number of fused-ring (bicyclic) bond motifs is 1. The van der Waals surface area contributed by atoms with E-state index in [-0.39, 0.29) is 30.0 Å². The second-order valence-electron chi connectivity index (χ2n) is 8.14. The van der Waals surface area contributed by atoms with Crippen LogP contribution in [0.2, 0.25) is 0 Å². The minimum absolute atomic E-state index is 0. The number of benzene rings is 1. The Morgan fingerprint density at radius 2 is 2.06 bits per heavy atom. The lowest BCUT2D eigenvalue weighted by molar-refractivity contribution is 0.177. The highest BCUT2D eigenvalue weighted by Crippen LogP contribution is 2.14. The zero-order valence-electron chi connectivity index (χ0n) is 19.3. The molecule has 1 aliphatic heterocycles. The van der Waals surface area contributed by atoms with Gasteiger partial charge in [-0.3, -0.25) is 9.89 Å². The van der Waals surface area contributed by atoms with E-state index < -0.39 is 0 Å². The minimum Gasteiger partial charge on any atom is -0.377 e. The normalized spacial score (nSPS) is 16.2. The van der Waals surface area contributed by atoms with E-state index in [2.05, 4.69) is 75.8 Å². The van der Waals surface area contributed by atoms with Crippen molar-refractivity contribution in [2.24, 2.45) is 4.99 Å². The van der Waals surface area contributed by atoms with Gasteiger partial charge in [0, 0.05) is 45.8 Å². The summed E-state index contributed by atoms with van der Waals surface area (Å²) in [6, 6.07) is 9.37. The maximum Gasteiger partial charge on any atom is 0.191 e. The second-order valence-corrected chi connectivity index (χ2v) is 8.14. The number of nitrogens with zero attached hydrogens (tertiary/aromatic N) is 5. The Morgan fingerprint density at radius 3 is 2.74 bits per heavy atom.